The van der Waals surface area contributed by atoms with E-state index in [-0.39, 0.29) is 0 Å². The minimum absolute atomic E-state index is 0.633. The second kappa shape index (κ2) is 3.23. The topological polar surface area (TPSA) is 9.23 Å². The number of ether oxygens (including phenoxy) is 1. The van der Waals surface area contributed by atoms with Crippen LogP contribution < -0.4 is 0 Å². The molecule has 0 aromatic rings. The van der Waals surface area contributed by atoms with Crippen LogP contribution in [0.1, 0.15) is 45.4 Å². The molecule has 1 heteroatoms. The van der Waals surface area contributed by atoms with Gasteiger partial charge in [0.1, 0.15) is 0 Å². The number of fused-ring (bicyclic) bond motifs is 2. The van der Waals surface area contributed by atoms with Gasteiger partial charge in [0, 0.05) is 6.61 Å². The van der Waals surface area contributed by atoms with Crippen LogP contribution in [0, 0.1) is 23.2 Å². The van der Waals surface area contributed by atoms with Crippen LogP contribution in [0.15, 0.2) is 0 Å². The van der Waals surface area contributed by atoms with Gasteiger partial charge in [-0.05, 0) is 68.6 Å². The quantitative estimate of drug-likeness (QED) is 0.670. The van der Waals surface area contributed by atoms with Crippen molar-refractivity contribution in [2.75, 3.05) is 13.2 Å². The molecule has 3 saturated carbocycles. The lowest BCUT2D eigenvalue weighted by atomic mass is 9.65. The summed E-state index contributed by atoms with van der Waals surface area (Å²) in [5, 5.41) is 0. The summed E-state index contributed by atoms with van der Waals surface area (Å²) < 4.78 is 5.74. The molecule has 3 rings (SSSR count). The van der Waals surface area contributed by atoms with Crippen molar-refractivity contribution in [3.63, 3.8) is 0 Å². The van der Waals surface area contributed by atoms with E-state index >= 15 is 0 Å². The van der Waals surface area contributed by atoms with Crippen LogP contribution >= 0.6 is 0 Å². The molecule has 3 fully saturated rings. The smallest absolute Gasteiger partial charge is 0.0525 e. The molecule has 80 valence electrons. The Morgan fingerprint density at radius 3 is 2.93 bits per heavy atom. The van der Waals surface area contributed by atoms with Crippen LogP contribution in [0.2, 0.25) is 0 Å². The average molecular weight is 194 g/mol. The SMILES string of the molecule is CCOCC12CCC3CC(CC1C3)C2. The van der Waals surface area contributed by atoms with Gasteiger partial charge >= 0.3 is 0 Å². The van der Waals surface area contributed by atoms with E-state index in [1.807, 2.05) is 0 Å². The van der Waals surface area contributed by atoms with Crippen molar-refractivity contribution in [2.24, 2.45) is 23.2 Å². The predicted molar refractivity (Wildman–Crippen MR) is 57.1 cm³/mol. The van der Waals surface area contributed by atoms with Crippen LogP contribution in [-0.4, -0.2) is 13.2 Å². The van der Waals surface area contributed by atoms with Crippen molar-refractivity contribution < 1.29 is 4.74 Å². The molecule has 0 amide bonds. The summed E-state index contributed by atoms with van der Waals surface area (Å²) in [7, 11) is 0. The van der Waals surface area contributed by atoms with Crippen molar-refractivity contribution in [1.29, 1.82) is 0 Å². The second-order valence-electron chi connectivity index (χ2n) is 5.88. The summed E-state index contributed by atoms with van der Waals surface area (Å²) in [5.74, 6) is 3.20. The molecule has 0 radical (unpaired) electrons. The third kappa shape index (κ3) is 1.25. The molecule has 3 bridgehead atoms. The molecule has 0 N–H and O–H groups in total. The lowest BCUT2D eigenvalue weighted by molar-refractivity contribution is -0.00722. The molecular weight excluding hydrogens is 172 g/mol. The number of hydrogen-bond donors (Lipinski definition) is 0. The fourth-order valence-corrected chi connectivity index (χ4v) is 4.56. The van der Waals surface area contributed by atoms with E-state index in [0.29, 0.717) is 5.41 Å². The van der Waals surface area contributed by atoms with Crippen molar-refractivity contribution in [3.8, 4) is 0 Å². The van der Waals surface area contributed by atoms with Crippen LogP contribution in [0.3, 0.4) is 0 Å². The van der Waals surface area contributed by atoms with Gasteiger partial charge in [-0.1, -0.05) is 0 Å². The highest BCUT2D eigenvalue weighted by Gasteiger charge is 2.53. The maximum Gasteiger partial charge on any atom is 0.0525 e. The molecule has 0 saturated heterocycles. The van der Waals surface area contributed by atoms with Gasteiger partial charge in [0.2, 0.25) is 0 Å². The van der Waals surface area contributed by atoms with Crippen molar-refractivity contribution >= 4 is 0 Å². The van der Waals surface area contributed by atoms with Gasteiger partial charge in [0.05, 0.1) is 6.61 Å². The Morgan fingerprint density at radius 2 is 2.07 bits per heavy atom. The van der Waals surface area contributed by atoms with E-state index in [1.165, 1.54) is 32.1 Å². The maximum atomic E-state index is 5.74. The van der Waals surface area contributed by atoms with Crippen molar-refractivity contribution in [2.45, 2.75) is 45.4 Å². The third-order valence-electron chi connectivity index (χ3n) is 5.11. The van der Waals surface area contributed by atoms with Crippen LogP contribution in [0.5, 0.6) is 0 Å². The maximum absolute atomic E-state index is 5.74. The predicted octanol–water partition coefficient (Wildman–Crippen LogP) is 3.24. The molecule has 0 heterocycles. The largest absolute Gasteiger partial charge is 0.381 e. The Labute approximate surface area is 87.2 Å². The Kier molecular flexibility index (Phi) is 2.12. The van der Waals surface area contributed by atoms with Gasteiger partial charge in [-0.3, -0.25) is 0 Å². The first-order valence-electron chi connectivity index (χ1n) is 6.40. The molecule has 4 atom stereocenters. The minimum Gasteiger partial charge on any atom is -0.381 e. The molecule has 14 heavy (non-hydrogen) atoms. The zero-order chi connectivity index (χ0) is 9.60. The molecule has 0 aromatic carbocycles. The van der Waals surface area contributed by atoms with Crippen LogP contribution in [0.25, 0.3) is 0 Å². The molecule has 4 unspecified atom stereocenters. The molecule has 0 aromatic heterocycles. The van der Waals surface area contributed by atoms with E-state index in [4.69, 9.17) is 4.74 Å². The average Bonchev–Trinajstić information content (AvgIpc) is 2.36. The summed E-state index contributed by atoms with van der Waals surface area (Å²) in [6.45, 7) is 4.10. The van der Waals surface area contributed by atoms with Gasteiger partial charge in [0.15, 0.2) is 0 Å². The Balaban J connectivity index is 1.78. The van der Waals surface area contributed by atoms with Crippen LogP contribution in [-0.2, 0) is 4.74 Å². The molecule has 3 aliphatic carbocycles. The number of hydrogen-bond acceptors (Lipinski definition) is 1. The third-order valence-corrected chi connectivity index (χ3v) is 5.11. The summed E-state index contributed by atoms with van der Waals surface area (Å²) >= 11 is 0. The lowest BCUT2D eigenvalue weighted by Gasteiger charge is -2.42. The van der Waals surface area contributed by atoms with Gasteiger partial charge in [0.25, 0.3) is 0 Å². The summed E-state index contributed by atoms with van der Waals surface area (Å²) in [6.07, 6.45) is 9.07. The zero-order valence-corrected chi connectivity index (χ0v) is 9.30. The van der Waals surface area contributed by atoms with E-state index in [1.54, 1.807) is 6.42 Å². The van der Waals surface area contributed by atoms with Gasteiger partial charge in [-0.2, -0.15) is 0 Å². The fourth-order valence-electron chi connectivity index (χ4n) is 4.56. The first-order chi connectivity index (χ1) is 6.82. The minimum atomic E-state index is 0.633. The van der Waals surface area contributed by atoms with E-state index in [2.05, 4.69) is 6.92 Å². The highest BCUT2D eigenvalue weighted by Crippen LogP contribution is 2.62. The first-order valence-corrected chi connectivity index (χ1v) is 6.40. The van der Waals surface area contributed by atoms with E-state index < -0.39 is 0 Å². The Morgan fingerprint density at radius 1 is 1.21 bits per heavy atom. The van der Waals surface area contributed by atoms with Crippen LogP contribution in [0.4, 0.5) is 0 Å². The Hall–Kier alpha value is -0.0400. The van der Waals surface area contributed by atoms with Gasteiger partial charge in [-0.25, -0.2) is 0 Å². The highest BCUT2D eigenvalue weighted by atomic mass is 16.5. The van der Waals surface area contributed by atoms with Crippen molar-refractivity contribution in [3.05, 3.63) is 0 Å². The second-order valence-corrected chi connectivity index (χ2v) is 5.88. The molecule has 0 spiro atoms. The first kappa shape index (κ1) is 9.21. The summed E-state index contributed by atoms with van der Waals surface area (Å²) in [6, 6.07) is 0. The summed E-state index contributed by atoms with van der Waals surface area (Å²) in [5.41, 5.74) is 0.633. The molecular formula is C13H22O. The van der Waals surface area contributed by atoms with Crippen molar-refractivity contribution in [1.82, 2.24) is 0 Å². The summed E-state index contributed by atoms with van der Waals surface area (Å²) in [4.78, 5) is 0. The van der Waals surface area contributed by atoms with E-state index in [9.17, 15) is 0 Å². The standard InChI is InChI=1S/C13H22O/c1-2-14-9-13-4-3-10-5-11(8-13)7-12(13)6-10/h10-12H,2-9H2,1H3. The zero-order valence-electron chi connectivity index (χ0n) is 9.30. The van der Waals surface area contributed by atoms with E-state index in [0.717, 1.165) is 31.0 Å². The molecule has 3 aliphatic rings. The Bertz CT molecular complexity index is 225. The highest BCUT2D eigenvalue weighted by molar-refractivity contribution is 5.03. The lowest BCUT2D eigenvalue weighted by Crippen LogP contribution is -2.36. The fraction of sp³-hybridized carbons (Fsp3) is 1.00. The van der Waals surface area contributed by atoms with Gasteiger partial charge in [-0.15, -0.1) is 0 Å². The van der Waals surface area contributed by atoms with Gasteiger partial charge < -0.3 is 4.74 Å². The normalized spacial score (nSPS) is 49.9. The number of rotatable bonds is 3. The monoisotopic (exact) mass is 194 g/mol. The molecule has 0 aliphatic heterocycles. The molecule has 1 nitrogen and oxygen atoms in total.